The van der Waals surface area contributed by atoms with Crippen molar-refractivity contribution in [3.8, 4) is 0 Å². The van der Waals surface area contributed by atoms with E-state index in [2.05, 4.69) is 32.3 Å². The maximum atomic E-state index is 10.6. The number of fused-ring (bicyclic) bond motifs is 1. The summed E-state index contributed by atoms with van der Waals surface area (Å²) in [6.07, 6.45) is -2.66. The van der Waals surface area contributed by atoms with Crippen LogP contribution in [0.25, 0.3) is 0 Å². The lowest BCUT2D eigenvalue weighted by Gasteiger charge is -2.44. The molecule has 0 amide bonds. The second-order valence-electron chi connectivity index (χ2n) is 8.79. The van der Waals surface area contributed by atoms with Crippen LogP contribution in [0.3, 0.4) is 0 Å². The van der Waals surface area contributed by atoms with E-state index in [1.54, 1.807) is 0 Å². The second-order valence-corrected chi connectivity index (χ2v) is 8.79. The number of hydrogen-bond donors (Lipinski definition) is 3. The number of carbonyl (C=O) groups is 2. The fourth-order valence-corrected chi connectivity index (χ4v) is 4.26. The lowest BCUT2D eigenvalue weighted by molar-refractivity contribution is -0.193. The number of halogens is 6. The van der Waals surface area contributed by atoms with Crippen molar-refractivity contribution in [3.63, 3.8) is 0 Å². The van der Waals surface area contributed by atoms with Crippen molar-refractivity contribution >= 4 is 17.8 Å². The molecule has 0 aromatic carbocycles. The number of aromatic nitrogens is 2. The Hall–Kier alpha value is -3.46. The van der Waals surface area contributed by atoms with Gasteiger partial charge in [0.2, 0.25) is 0 Å². The standard InChI is InChI=1S/C20H26N4O.2C2HF3O2/c1-3-10-21-17(5-1)15-24-13-7-18-20(16-24,9-14-25-18)8-12-23-19-6-2-4-11-22-19;2*3-2(4,5)1(6)7/h1-6,10-11,18H,7-9,12-16H2,(H,22,23);2*(H,6,7)/t18-,20+;;/m1../s1. The molecule has 2 fully saturated rings. The first-order valence-corrected chi connectivity index (χ1v) is 11.7. The third-order valence-corrected chi connectivity index (χ3v) is 6.04. The van der Waals surface area contributed by atoms with Crippen molar-refractivity contribution in [3.05, 3.63) is 54.5 Å². The van der Waals surface area contributed by atoms with E-state index in [1.807, 2.05) is 36.7 Å². The highest BCUT2D eigenvalue weighted by molar-refractivity contribution is 5.73. The molecule has 0 spiro atoms. The maximum absolute atomic E-state index is 10.6. The Labute approximate surface area is 219 Å². The molecule has 2 aromatic rings. The Kier molecular flexibility index (Phi) is 11.5. The third-order valence-electron chi connectivity index (χ3n) is 6.04. The first-order chi connectivity index (χ1) is 18.2. The lowest BCUT2D eigenvalue weighted by Crippen LogP contribution is -2.50. The molecule has 0 bridgehead atoms. The molecule has 2 aromatic heterocycles. The van der Waals surface area contributed by atoms with Crippen LogP contribution in [0.5, 0.6) is 0 Å². The summed E-state index contributed by atoms with van der Waals surface area (Å²) in [5, 5.41) is 17.7. The van der Waals surface area contributed by atoms with Gasteiger partial charge >= 0.3 is 24.3 Å². The molecule has 0 aliphatic carbocycles. The number of alkyl halides is 6. The van der Waals surface area contributed by atoms with Crippen LogP contribution in [0, 0.1) is 5.41 Å². The summed E-state index contributed by atoms with van der Waals surface area (Å²) in [4.78, 5) is 29.2. The lowest BCUT2D eigenvalue weighted by atomic mass is 9.74. The highest BCUT2D eigenvalue weighted by atomic mass is 19.4. The molecule has 0 unspecified atom stereocenters. The first-order valence-electron chi connectivity index (χ1n) is 11.7. The van der Waals surface area contributed by atoms with Crippen LogP contribution in [-0.4, -0.2) is 81.7 Å². The van der Waals surface area contributed by atoms with Gasteiger partial charge in [-0.15, -0.1) is 0 Å². The molecule has 2 saturated heterocycles. The van der Waals surface area contributed by atoms with Crippen molar-refractivity contribution in [1.82, 2.24) is 14.9 Å². The highest BCUT2D eigenvalue weighted by Gasteiger charge is 2.47. The van der Waals surface area contributed by atoms with E-state index < -0.39 is 24.3 Å². The minimum Gasteiger partial charge on any atom is -0.475 e. The summed E-state index contributed by atoms with van der Waals surface area (Å²) in [6.45, 7) is 4.96. The molecule has 2 atom stereocenters. The fourth-order valence-electron chi connectivity index (χ4n) is 4.26. The van der Waals surface area contributed by atoms with Gasteiger partial charge in [0.15, 0.2) is 0 Å². The number of pyridine rings is 2. The van der Waals surface area contributed by atoms with Crippen molar-refractivity contribution in [2.75, 3.05) is 31.6 Å². The van der Waals surface area contributed by atoms with Crippen LogP contribution in [0.4, 0.5) is 32.2 Å². The molecular formula is C24H28F6N4O5. The van der Waals surface area contributed by atoms with Gasteiger partial charge in [0.25, 0.3) is 0 Å². The van der Waals surface area contributed by atoms with Gasteiger partial charge < -0.3 is 20.3 Å². The van der Waals surface area contributed by atoms with Gasteiger partial charge in [-0.2, -0.15) is 26.3 Å². The minimum atomic E-state index is -5.08. The average Bonchev–Trinajstić information content (AvgIpc) is 3.28. The third kappa shape index (κ3) is 10.7. The normalized spacial score (nSPS) is 20.9. The SMILES string of the molecule is O=C(O)C(F)(F)F.O=C(O)C(F)(F)F.c1ccc(CN2CC[C@H]3OCC[C@@]3(CCNc3ccccn3)C2)nc1. The number of piperidine rings is 1. The molecule has 9 nitrogen and oxygen atoms in total. The molecule has 2 aliphatic heterocycles. The van der Waals surface area contributed by atoms with Crippen molar-refractivity contribution in [1.29, 1.82) is 0 Å². The quantitative estimate of drug-likeness (QED) is 0.441. The van der Waals surface area contributed by atoms with Gasteiger partial charge in [0, 0.05) is 50.6 Å². The largest absolute Gasteiger partial charge is 0.490 e. The number of carboxylic acid groups (broad SMARTS) is 2. The second kappa shape index (κ2) is 14.1. The Morgan fingerprint density at radius 2 is 1.59 bits per heavy atom. The van der Waals surface area contributed by atoms with Gasteiger partial charge in [-0.05, 0) is 43.5 Å². The molecule has 0 radical (unpaired) electrons. The van der Waals surface area contributed by atoms with Crippen LogP contribution in [0.2, 0.25) is 0 Å². The number of nitrogens with one attached hydrogen (secondary N) is 1. The van der Waals surface area contributed by atoms with Gasteiger partial charge in [0.1, 0.15) is 5.82 Å². The van der Waals surface area contributed by atoms with E-state index in [0.717, 1.165) is 63.6 Å². The molecule has 4 rings (SSSR count). The number of likely N-dealkylation sites (tertiary alicyclic amines) is 1. The van der Waals surface area contributed by atoms with Gasteiger partial charge in [-0.25, -0.2) is 14.6 Å². The van der Waals surface area contributed by atoms with Crippen LogP contribution in [-0.2, 0) is 20.9 Å². The summed E-state index contributed by atoms with van der Waals surface area (Å²) in [5.74, 6) is -4.56. The molecule has 39 heavy (non-hydrogen) atoms. The Bertz CT molecular complexity index is 1020. The molecule has 0 saturated carbocycles. The predicted octanol–water partition coefficient (Wildman–Crippen LogP) is 4.23. The van der Waals surface area contributed by atoms with Crippen LogP contribution < -0.4 is 5.32 Å². The van der Waals surface area contributed by atoms with Gasteiger partial charge in [-0.3, -0.25) is 9.88 Å². The number of nitrogens with zero attached hydrogens (tertiary/aromatic N) is 3. The Balaban J connectivity index is 0.000000317. The Morgan fingerprint density at radius 3 is 2.10 bits per heavy atom. The zero-order valence-corrected chi connectivity index (χ0v) is 20.6. The van der Waals surface area contributed by atoms with E-state index in [-0.39, 0.29) is 5.41 Å². The van der Waals surface area contributed by atoms with E-state index >= 15 is 0 Å². The summed E-state index contributed by atoms with van der Waals surface area (Å²) in [6, 6.07) is 12.2. The summed E-state index contributed by atoms with van der Waals surface area (Å²) in [5.41, 5.74) is 1.41. The molecule has 3 N–H and O–H groups in total. The minimum absolute atomic E-state index is 0.259. The molecular weight excluding hydrogens is 538 g/mol. The number of carboxylic acids is 2. The number of anilines is 1. The van der Waals surface area contributed by atoms with Crippen LogP contribution in [0.15, 0.2) is 48.8 Å². The summed E-state index contributed by atoms with van der Waals surface area (Å²) >= 11 is 0. The zero-order chi connectivity index (χ0) is 29.1. The van der Waals surface area contributed by atoms with E-state index in [4.69, 9.17) is 24.5 Å². The Morgan fingerprint density at radius 1 is 1.00 bits per heavy atom. The van der Waals surface area contributed by atoms with E-state index in [1.165, 1.54) is 0 Å². The van der Waals surface area contributed by atoms with Gasteiger partial charge in [0.05, 0.1) is 11.8 Å². The molecule has 2 aliphatic rings. The number of rotatable bonds is 6. The molecule has 4 heterocycles. The van der Waals surface area contributed by atoms with Crippen molar-refractivity contribution in [2.45, 2.75) is 44.3 Å². The summed E-state index contributed by atoms with van der Waals surface area (Å²) < 4.78 is 69.5. The smallest absolute Gasteiger partial charge is 0.475 e. The van der Waals surface area contributed by atoms with E-state index in [0.29, 0.717) is 6.10 Å². The van der Waals surface area contributed by atoms with Gasteiger partial charge in [-0.1, -0.05) is 12.1 Å². The van der Waals surface area contributed by atoms with Crippen molar-refractivity contribution < 1.29 is 50.9 Å². The highest BCUT2D eigenvalue weighted by Crippen LogP contribution is 2.43. The fraction of sp³-hybridized carbons (Fsp3) is 0.500. The molecule has 216 valence electrons. The maximum Gasteiger partial charge on any atom is 0.490 e. The molecule has 15 heteroatoms. The van der Waals surface area contributed by atoms with Crippen LogP contribution >= 0.6 is 0 Å². The first kappa shape index (κ1) is 31.8. The summed E-state index contributed by atoms with van der Waals surface area (Å²) in [7, 11) is 0. The topological polar surface area (TPSA) is 125 Å². The predicted molar refractivity (Wildman–Crippen MR) is 126 cm³/mol. The number of ether oxygens (including phenoxy) is 1. The monoisotopic (exact) mass is 566 g/mol. The average molecular weight is 566 g/mol. The van der Waals surface area contributed by atoms with Crippen molar-refractivity contribution in [2.24, 2.45) is 5.41 Å². The number of hydrogen-bond acceptors (Lipinski definition) is 7. The van der Waals surface area contributed by atoms with E-state index in [9.17, 15) is 26.3 Å². The zero-order valence-electron chi connectivity index (χ0n) is 20.6. The number of aliphatic carboxylic acids is 2. The van der Waals surface area contributed by atoms with Crippen LogP contribution in [0.1, 0.15) is 25.0 Å².